The van der Waals surface area contributed by atoms with Crippen LogP contribution in [0.15, 0.2) is 52.5 Å². The van der Waals surface area contributed by atoms with E-state index in [-0.39, 0.29) is 0 Å². The molecular formula is C14H15NOS. The zero-order valence-corrected chi connectivity index (χ0v) is 10.7. The van der Waals surface area contributed by atoms with Crippen LogP contribution in [-0.4, -0.2) is 10.1 Å². The molecule has 2 nitrogen and oxygen atoms in total. The zero-order chi connectivity index (χ0) is 12.3. The molecule has 0 spiro atoms. The fourth-order valence-electron chi connectivity index (χ4n) is 1.43. The van der Waals surface area contributed by atoms with Crippen LogP contribution in [0.1, 0.15) is 24.2 Å². The third-order valence-corrected chi connectivity index (χ3v) is 3.44. The summed E-state index contributed by atoms with van der Waals surface area (Å²) in [4.78, 5) is 5.49. The van der Waals surface area contributed by atoms with Gasteiger partial charge in [-0.2, -0.15) is 0 Å². The first-order chi connectivity index (χ1) is 8.15. The number of rotatable bonds is 3. The number of nitrogens with zero attached hydrogens (tertiary/aromatic N) is 1. The average molecular weight is 245 g/mol. The fraction of sp³-hybridized carbons (Fsp3) is 0.214. The van der Waals surface area contributed by atoms with Crippen LogP contribution >= 0.6 is 11.8 Å². The molecule has 1 atom stereocenters. The molecule has 1 heterocycles. The average Bonchev–Trinajstić information content (AvgIpc) is 2.33. The van der Waals surface area contributed by atoms with Crippen molar-refractivity contribution < 1.29 is 5.11 Å². The highest BCUT2D eigenvalue weighted by Crippen LogP contribution is 2.26. The van der Waals surface area contributed by atoms with Crippen molar-refractivity contribution in [2.24, 2.45) is 0 Å². The molecular weight excluding hydrogens is 230 g/mol. The van der Waals surface area contributed by atoms with E-state index >= 15 is 0 Å². The minimum absolute atomic E-state index is 0.457. The van der Waals surface area contributed by atoms with Gasteiger partial charge in [0.05, 0.1) is 6.10 Å². The first-order valence-electron chi connectivity index (χ1n) is 5.54. The Hall–Kier alpha value is -1.32. The number of aliphatic hydroxyl groups excluding tert-OH is 1. The Labute approximate surface area is 106 Å². The van der Waals surface area contributed by atoms with Crippen LogP contribution in [0, 0.1) is 6.92 Å². The molecule has 2 aromatic rings. The summed E-state index contributed by atoms with van der Waals surface area (Å²) in [5.41, 5.74) is 2.10. The monoisotopic (exact) mass is 245 g/mol. The van der Waals surface area contributed by atoms with Gasteiger partial charge in [-0.1, -0.05) is 35.5 Å². The van der Waals surface area contributed by atoms with E-state index in [1.807, 2.05) is 12.1 Å². The summed E-state index contributed by atoms with van der Waals surface area (Å²) in [6.45, 7) is 3.81. The maximum atomic E-state index is 9.39. The van der Waals surface area contributed by atoms with E-state index in [0.29, 0.717) is 0 Å². The molecule has 0 saturated carbocycles. The lowest BCUT2D eigenvalue weighted by Gasteiger charge is -2.05. The Morgan fingerprint density at radius 2 is 1.82 bits per heavy atom. The lowest BCUT2D eigenvalue weighted by molar-refractivity contribution is 0.198. The Morgan fingerprint density at radius 1 is 1.12 bits per heavy atom. The van der Waals surface area contributed by atoms with Gasteiger partial charge in [-0.25, -0.2) is 4.98 Å². The van der Waals surface area contributed by atoms with E-state index in [4.69, 9.17) is 0 Å². The van der Waals surface area contributed by atoms with Gasteiger partial charge in [0, 0.05) is 11.1 Å². The molecule has 0 unspecified atom stereocenters. The summed E-state index contributed by atoms with van der Waals surface area (Å²) in [6, 6.07) is 12.2. The van der Waals surface area contributed by atoms with Crippen molar-refractivity contribution in [3.63, 3.8) is 0 Å². The zero-order valence-electron chi connectivity index (χ0n) is 9.92. The molecule has 2 rings (SSSR count). The molecule has 0 amide bonds. The van der Waals surface area contributed by atoms with Crippen LogP contribution < -0.4 is 0 Å². The third kappa shape index (κ3) is 3.32. The third-order valence-electron chi connectivity index (χ3n) is 2.49. The van der Waals surface area contributed by atoms with Gasteiger partial charge in [-0.3, -0.25) is 0 Å². The molecule has 17 heavy (non-hydrogen) atoms. The molecule has 1 aromatic heterocycles. The maximum absolute atomic E-state index is 9.39. The molecule has 1 aromatic carbocycles. The highest BCUT2D eigenvalue weighted by molar-refractivity contribution is 7.99. The summed E-state index contributed by atoms with van der Waals surface area (Å²) >= 11 is 1.62. The van der Waals surface area contributed by atoms with Gasteiger partial charge in [0.25, 0.3) is 0 Å². The first kappa shape index (κ1) is 12.1. The summed E-state index contributed by atoms with van der Waals surface area (Å²) in [5.74, 6) is 0. The smallest absolute Gasteiger partial charge is 0.101 e. The van der Waals surface area contributed by atoms with Crippen LogP contribution in [0.2, 0.25) is 0 Å². The van der Waals surface area contributed by atoms with Crippen LogP contribution in [0.3, 0.4) is 0 Å². The van der Waals surface area contributed by atoms with Crippen molar-refractivity contribution >= 4 is 11.8 Å². The van der Waals surface area contributed by atoms with E-state index in [0.717, 1.165) is 10.6 Å². The second kappa shape index (κ2) is 5.34. The predicted octanol–water partition coefficient (Wildman–Crippen LogP) is 3.59. The van der Waals surface area contributed by atoms with E-state index in [1.54, 1.807) is 24.9 Å². The molecule has 0 aliphatic carbocycles. The van der Waals surface area contributed by atoms with Crippen molar-refractivity contribution in [1.82, 2.24) is 4.98 Å². The van der Waals surface area contributed by atoms with Gasteiger partial charge < -0.3 is 5.11 Å². The lowest BCUT2D eigenvalue weighted by Crippen LogP contribution is -1.92. The maximum Gasteiger partial charge on any atom is 0.101 e. The van der Waals surface area contributed by atoms with Crippen molar-refractivity contribution in [3.05, 3.63) is 53.7 Å². The van der Waals surface area contributed by atoms with E-state index in [2.05, 4.69) is 36.2 Å². The Balaban J connectivity index is 2.11. The molecule has 0 radical (unpaired) electrons. The normalized spacial score (nSPS) is 12.4. The van der Waals surface area contributed by atoms with E-state index in [1.165, 1.54) is 10.5 Å². The van der Waals surface area contributed by atoms with Crippen molar-refractivity contribution in [2.45, 2.75) is 29.9 Å². The Morgan fingerprint density at radius 3 is 2.35 bits per heavy atom. The largest absolute Gasteiger partial charge is 0.389 e. The van der Waals surface area contributed by atoms with Gasteiger partial charge in [0.1, 0.15) is 5.03 Å². The summed E-state index contributed by atoms with van der Waals surface area (Å²) in [7, 11) is 0. The molecule has 0 fully saturated rings. The van der Waals surface area contributed by atoms with Crippen molar-refractivity contribution in [2.75, 3.05) is 0 Å². The van der Waals surface area contributed by atoms with Crippen LogP contribution in [0.4, 0.5) is 0 Å². The number of benzene rings is 1. The summed E-state index contributed by atoms with van der Waals surface area (Å²) in [6.07, 6.45) is 1.27. The molecule has 0 aliphatic heterocycles. The number of pyridine rings is 1. The van der Waals surface area contributed by atoms with E-state index < -0.39 is 6.10 Å². The highest BCUT2D eigenvalue weighted by atomic mass is 32.2. The van der Waals surface area contributed by atoms with Crippen LogP contribution in [-0.2, 0) is 0 Å². The fourth-order valence-corrected chi connectivity index (χ4v) is 2.18. The SMILES string of the molecule is Cc1ccc(Sc2ccc([C@H](C)O)cn2)cc1. The molecule has 0 saturated heterocycles. The highest BCUT2D eigenvalue weighted by Gasteiger charge is 2.02. The van der Waals surface area contributed by atoms with Gasteiger partial charge in [0.15, 0.2) is 0 Å². The standard InChI is InChI=1S/C14H15NOS/c1-10-3-6-13(7-4-10)17-14-8-5-12(9-15-14)11(2)16/h3-9,11,16H,1-2H3/t11-/m0/s1. The van der Waals surface area contributed by atoms with Gasteiger partial charge in [0.2, 0.25) is 0 Å². The van der Waals surface area contributed by atoms with Crippen molar-refractivity contribution in [1.29, 1.82) is 0 Å². The number of aliphatic hydroxyl groups is 1. The second-order valence-electron chi connectivity index (χ2n) is 4.02. The number of hydrogen-bond acceptors (Lipinski definition) is 3. The van der Waals surface area contributed by atoms with Gasteiger partial charge in [-0.15, -0.1) is 0 Å². The summed E-state index contributed by atoms with van der Waals surface area (Å²) < 4.78 is 0. The topological polar surface area (TPSA) is 33.1 Å². The molecule has 1 N–H and O–H groups in total. The van der Waals surface area contributed by atoms with Crippen molar-refractivity contribution in [3.8, 4) is 0 Å². The second-order valence-corrected chi connectivity index (χ2v) is 5.11. The minimum atomic E-state index is -0.457. The predicted molar refractivity (Wildman–Crippen MR) is 70.2 cm³/mol. The van der Waals surface area contributed by atoms with Gasteiger partial charge >= 0.3 is 0 Å². The lowest BCUT2D eigenvalue weighted by atomic mass is 10.2. The molecule has 88 valence electrons. The van der Waals surface area contributed by atoms with Crippen LogP contribution in [0.25, 0.3) is 0 Å². The van der Waals surface area contributed by atoms with Crippen LogP contribution in [0.5, 0.6) is 0 Å². The first-order valence-corrected chi connectivity index (χ1v) is 6.35. The molecule has 0 aliphatic rings. The number of aromatic nitrogens is 1. The number of aryl methyl sites for hydroxylation is 1. The Kier molecular flexibility index (Phi) is 3.82. The quantitative estimate of drug-likeness (QED) is 0.897. The molecule has 0 bridgehead atoms. The number of hydrogen-bond donors (Lipinski definition) is 1. The van der Waals surface area contributed by atoms with Gasteiger partial charge in [-0.05, 0) is 37.6 Å². The minimum Gasteiger partial charge on any atom is -0.389 e. The summed E-state index contributed by atoms with van der Waals surface area (Å²) in [5, 5.41) is 10.3. The van der Waals surface area contributed by atoms with E-state index in [9.17, 15) is 5.11 Å². The molecule has 3 heteroatoms. The Bertz CT molecular complexity index is 477.